The van der Waals surface area contributed by atoms with Crippen LogP contribution in [0.15, 0.2) is 33.5 Å². The van der Waals surface area contributed by atoms with Crippen LogP contribution in [0.3, 0.4) is 0 Å². The number of benzene rings is 1. The van der Waals surface area contributed by atoms with Crippen LogP contribution in [0.5, 0.6) is 0 Å². The molecule has 0 radical (unpaired) electrons. The lowest BCUT2D eigenvalue weighted by atomic mass is 10.3. The van der Waals surface area contributed by atoms with Crippen molar-refractivity contribution in [2.45, 2.75) is 5.88 Å². The van der Waals surface area contributed by atoms with Crippen molar-refractivity contribution >= 4 is 29.3 Å². The average molecular weight is 289 g/mol. The van der Waals surface area contributed by atoms with E-state index in [0.29, 0.717) is 11.1 Å². The Morgan fingerprint density at radius 3 is 2.67 bits per heavy atom. The van der Waals surface area contributed by atoms with Crippen LogP contribution >= 0.6 is 18.2 Å². The van der Waals surface area contributed by atoms with Crippen LogP contribution < -0.4 is 5.76 Å². The van der Waals surface area contributed by atoms with E-state index >= 15 is 0 Å². The number of hydrogen-bond donors (Lipinski definition) is 0. The van der Waals surface area contributed by atoms with Crippen LogP contribution in [0.4, 0.5) is 0 Å². The van der Waals surface area contributed by atoms with Gasteiger partial charge >= 0.3 is 12.6 Å². The highest BCUT2D eigenvalue weighted by molar-refractivity contribution is 8.54. The van der Waals surface area contributed by atoms with Crippen molar-refractivity contribution in [1.29, 1.82) is 0 Å². The van der Waals surface area contributed by atoms with Gasteiger partial charge in [-0.2, -0.15) is 0 Å². The summed E-state index contributed by atoms with van der Waals surface area (Å²) in [5.74, 6) is -0.364. The maximum absolute atomic E-state index is 11.9. The van der Waals surface area contributed by atoms with Gasteiger partial charge in [0.25, 0.3) is 0 Å². The minimum atomic E-state index is -3.20. The second-order valence-electron chi connectivity index (χ2n) is 3.33. The van der Waals surface area contributed by atoms with Crippen molar-refractivity contribution in [3.05, 3.63) is 34.8 Å². The zero-order valence-corrected chi connectivity index (χ0v) is 11.6. The molecular weight excluding hydrogens is 277 g/mol. The SMILES string of the molecule is COP(=O)(OC)SCn1c(=O)oc2ccccc21. The Hall–Kier alpha value is -1.01. The van der Waals surface area contributed by atoms with Gasteiger partial charge in [0.1, 0.15) is 0 Å². The molecule has 1 aromatic carbocycles. The lowest BCUT2D eigenvalue weighted by molar-refractivity contribution is 0.295. The molecule has 0 fully saturated rings. The number of hydrogen-bond acceptors (Lipinski definition) is 6. The molecule has 1 heterocycles. The second-order valence-corrected chi connectivity index (χ2v) is 7.59. The second kappa shape index (κ2) is 5.32. The molecule has 8 heteroatoms. The fourth-order valence-corrected chi connectivity index (χ4v) is 3.71. The minimum Gasteiger partial charge on any atom is -0.408 e. The third-order valence-corrected chi connectivity index (χ3v) is 6.14. The quantitative estimate of drug-likeness (QED) is 0.788. The summed E-state index contributed by atoms with van der Waals surface area (Å²) in [6.07, 6.45) is 0. The number of para-hydroxylation sites is 2. The summed E-state index contributed by atoms with van der Waals surface area (Å²) in [7, 11) is 2.60. The van der Waals surface area contributed by atoms with Crippen LogP contribution in [0.1, 0.15) is 0 Å². The van der Waals surface area contributed by atoms with Crippen LogP contribution in [-0.4, -0.2) is 18.8 Å². The molecule has 18 heavy (non-hydrogen) atoms. The molecule has 0 saturated carbocycles. The number of fused-ring (bicyclic) bond motifs is 1. The van der Waals surface area contributed by atoms with E-state index in [4.69, 9.17) is 13.5 Å². The summed E-state index contributed by atoms with van der Waals surface area (Å²) in [5, 5.41) is 0. The van der Waals surface area contributed by atoms with Crippen molar-refractivity contribution in [1.82, 2.24) is 4.57 Å². The van der Waals surface area contributed by atoms with E-state index in [1.54, 1.807) is 24.3 Å². The molecule has 2 aromatic rings. The summed E-state index contributed by atoms with van der Waals surface area (Å²) in [4.78, 5) is 11.6. The minimum absolute atomic E-state index is 0.134. The van der Waals surface area contributed by atoms with E-state index in [-0.39, 0.29) is 5.88 Å². The molecule has 0 amide bonds. The molecule has 0 aliphatic rings. The Morgan fingerprint density at radius 2 is 2.00 bits per heavy atom. The number of rotatable bonds is 5. The Morgan fingerprint density at radius 1 is 1.33 bits per heavy atom. The smallest absolute Gasteiger partial charge is 0.408 e. The van der Waals surface area contributed by atoms with Gasteiger partial charge < -0.3 is 13.5 Å². The highest BCUT2D eigenvalue weighted by Crippen LogP contribution is 2.59. The Kier molecular flexibility index (Phi) is 3.97. The molecule has 6 nitrogen and oxygen atoms in total. The monoisotopic (exact) mass is 289 g/mol. The number of oxazole rings is 1. The van der Waals surface area contributed by atoms with E-state index in [2.05, 4.69) is 0 Å². The Labute approximate surface area is 107 Å². The van der Waals surface area contributed by atoms with Crippen LogP contribution in [0.2, 0.25) is 0 Å². The topological polar surface area (TPSA) is 70.7 Å². The standard InChI is InChI=1S/C10H12NO5PS/c1-14-17(13,15-2)18-7-11-8-5-3-4-6-9(8)16-10(11)12/h3-6H,7H2,1-2H3. The molecule has 0 unspecified atom stereocenters. The maximum atomic E-state index is 11.9. The third-order valence-electron chi connectivity index (χ3n) is 2.37. The van der Waals surface area contributed by atoms with Gasteiger partial charge in [-0.05, 0) is 23.5 Å². The van der Waals surface area contributed by atoms with E-state index in [0.717, 1.165) is 11.4 Å². The summed E-state index contributed by atoms with van der Waals surface area (Å²) >= 11 is 0.925. The van der Waals surface area contributed by atoms with Crippen LogP contribution in [0, 0.1) is 0 Å². The van der Waals surface area contributed by atoms with Crippen molar-refractivity contribution in [2.24, 2.45) is 0 Å². The van der Waals surface area contributed by atoms with Crippen LogP contribution in [0.25, 0.3) is 11.1 Å². The Bertz CT molecular complexity index is 641. The first-order chi connectivity index (χ1) is 8.59. The van der Waals surface area contributed by atoms with E-state index < -0.39 is 12.6 Å². The highest BCUT2D eigenvalue weighted by Gasteiger charge is 2.23. The molecule has 0 N–H and O–H groups in total. The molecule has 0 aliphatic carbocycles. The predicted octanol–water partition coefficient (Wildman–Crippen LogP) is 2.69. The number of nitrogens with zero attached hydrogens (tertiary/aromatic N) is 1. The molecule has 0 saturated heterocycles. The lowest BCUT2D eigenvalue weighted by Crippen LogP contribution is -2.12. The molecule has 1 aromatic heterocycles. The van der Waals surface area contributed by atoms with Gasteiger partial charge in [-0.3, -0.25) is 4.57 Å². The average Bonchev–Trinajstić information content (AvgIpc) is 2.72. The predicted molar refractivity (Wildman–Crippen MR) is 69.7 cm³/mol. The maximum Gasteiger partial charge on any atom is 0.420 e. The fraction of sp³-hybridized carbons (Fsp3) is 0.300. The van der Waals surface area contributed by atoms with Crippen LogP contribution in [-0.2, 0) is 19.5 Å². The molecule has 0 aliphatic heterocycles. The van der Waals surface area contributed by atoms with Gasteiger partial charge in [-0.1, -0.05) is 12.1 Å². The number of aromatic nitrogens is 1. The van der Waals surface area contributed by atoms with E-state index in [9.17, 15) is 9.36 Å². The molecule has 98 valence electrons. The largest absolute Gasteiger partial charge is 0.420 e. The molecule has 0 spiro atoms. The summed E-state index contributed by atoms with van der Waals surface area (Å²) in [6, 6.07) is 7.03. The van der Waals surface area contributed by atoms with Gasteiger partial charge in [0.05, 0.1) is 11.4 Å². The zero-order chi connectivity index (χ0) is 13.2. The first-order valence-corrected chi connectivity index (χ1v) is 8.17. The third kappa shape index (κ3) is 2.54. The summed E-state index contributed by atoms with van der Waals surface area (Å²) in [6.45, 7) is -3.20. The Balaban J connectivity index is 2.30. The lowest BCUT2D eigenvalue weighted by Gasteiger charge is -2.12. The van der Waals surface area contributed by atoms with Crippen molar-refractivity contribution < 1.29 is 18.0 Å². The summed E-state index contributed by atoms with van der Waals surface area (Å²) < 4.78 is 27.9. The van der Waals surface area contributed by atoms with Gasteiger partial charge in [0.2, 0.25) is 0 Å². The zero-order valence-electron chi connectivity index (χ0n) is 9.86. The molecule has 2 rings (SSSR count). The van der Waals surface area contributed by atoms with Crippen molar-refractivity contribution in [2.75, 3.05) is 14.2 Å². The molecule has 0 bridgehead atoms. The summed E-state index contributed by atoms with van der Waals surface area (Å²) in [5.41, 5.74) is 1.14. The van der Waals surface area contributed by atoms with E-state index in [1.165, 1.54) is 18.8 Å². The van der Waals surface area contributed by atoms with Crippen molar-refractivity contribution in [3.63, 3.8) is 0 Å². The van der Waals surface area contributed by atoms with E-state index in [1.807, 2.05) is 0 Å². The van der Waals surface area contributed by atoms with Gasteiger partial charge in [-0.25, -0.2) is 9.36 Å². The van der Waals surface area contributed by atoms with Gasteiger partial charge in [0.15, 0.2) is 5.58 Å². The molecule has 0 atom stereocenters. The first-order valence-electron chi connectivity index (χ1n) is 5.04. The highest BCUT2D eigenvalue weighted by atomic mass is 32.7. The van der Waals surface area contributed by atoms with Gasteiger partial charge in [0, 0.05) is 14.2 Å². The first kappa shape index (κ1) is 13.4. The normalized spacial score (nSPS) is 12.1. The fourth-order valence-electron chi connectivity index (χ4n) is 1.44. The van der Waals surface area contributed by atoms with Crippen molar-refractivity contribution in [3.8, 4) is 0 Å². The molecular formula is C10H12NO5PS. The van der Waals surface area contributed by atoms with Gasteiger partial charge in [-0.15, -0.1) is 0 Å².